The molecule has 0 fully saturated rings. The molecule has 5 heteroatoms. The monoisotopic (exact) mass is 223 g/mol. The first-order valence-corrected chi connectivity index (χ1v) is 5.30. The third kappa shape index (κ3) is 2.93. The quantitative estimate of drug-likeness (QED) is 0.591. The zero-order valence-electron chi connectivity index (χ0n) is 9.56. The van der Waals surface area contributed by atoms with E-state index < -0.39 is 4.92 Å². The molecular weight excluding hydrogens is 206 g/mol. The Morgan fingerprint density at radius 3 is 2.69 bits per heavy atom. The Bertz CT molecular complexity index is 375. The lowest BCUT2D eigenvalue weighted by Gasteiger charge is -2.17. The van der Waals surface area contributed by atoms with E-state index in [1.807, 2.05) is 13.8 Å². The molecule has 1 rings (SSSR count). The number of aryl methyl sites for hydroxylation is 1. The minimum atomic E-state index is -0.392. The highest BCUT2D eigenvalue weighted by molar-refractivity contribution is 5.55. The lowest BCUT2D eigenvalue weighted by atomic mass is 10.1. The third-order valence-corrected chi connectivity index (χ3v) is 2.56. The van der Waals surface area contributed by atoms with E-state index in [1.54, 1.807) is 12.1 Å². The number of rotatable bonds is 5. The second kappa shape index (κ2) is 5.46. The van der Waals surface area contributed by atoms with Gasteiger partial charge in [0.25, 0.3) is 5.69 Å². The first kappa shape index (κ1) is 12.4. The fourth-order valence-corrected chi connectivity index (χ4v) is 1.47. The van der Waals surface area contributed by atoms with Gasteiger partial charge in [-0.25, -0.2) is 0 Å². The van der Waals surface area contributed by atoms with Crippen molar-refractivity contribution in [1.82, 2.24) is 0 Å². The van der Waals surface area contributed by atoms with Crippen LogP contribution in [0.5, 0.6) is 0 Å². The molecule has 5 nitrogen and oxygen atoms in total. The fraction of sp³-hybridized carbons (Fsp3) is 0.455. The van der Waals surface area contributed by atoms with Crippen molar-refractivity contribution >= 4 is 11.4 Å². The highest BCUT2D eigenvalue weighted by Gasteiger charge is 2.10. The summed E-state index contributed by atoms with van der Waals surface area (Å²) in [7, 11) is 0. The summed E-state index contributed by atoms with van der Waals surface area (Å²) in [6.45, 7) is 4.44. The molecule has 1 aromatic carbocycles. The minimum Gasteiger partial charge on any atom is -0.381 e. The van der Waals surface area contributed by atoms with Crippen LogP contribution >= 0.6 is 0 Å². The van der Waals surface area contributed by atoms with Crippen LogP contribution in [-0.2, 0) is 0 Å². The molecule has 0 aliphatic carbocycles. The zero-order valence-corrected chi connectivity index (χ0v) is 9.56. The molecule has 3 N–H and O–H groups in total. The van der Waals surface area contributed by atoms with Gasteiger partial charge in [0.05, 0.1) is 4.92 Å². The predicted molar refractivity (Wildman–Crippen MR) is 64.6 cm³/mol. The highest BCUT2D eigenvalue weighted by atomic mass is 16.6. The molecule has 1 aromatic rings. The van der Waals surface area contributed by atoms with E-state index in [0.29, 0.717) is 6.54 Å². The molecule has 0 aliphatic heterocycles. The summed E-state index contributed by atoms with van der Waals surface area (Å²) in [5.41, 5.74) is 7.47. The van der Waals surface area contributed by atoms with Gasteiger partial charge in [0, 0.05) is 30.4 Å². The number of nitro benzene ring substituents is 1. The number of nitro groups is 1. The molecule has 88 valence electrons. The zero-order chi connectivity index (χ0) is 12.1. The Morgan fingerprint density at radius 1 is 1.56 bits per heavy atom. The normalized spacial score (nSPS) is 12.2. The van der Waals surface area contributed by atoms with Gasteiger partial charge in [-0.15, -0.1) is 0 Å². The van der Waals surface area contributed by atoms with Gasteiger partial charge in [-0.2, -0.15) is 0 Å². The van der Waals surface area contributed by atoms with Crippen LogP contribution < -0.4 is 11.1 Å². The number of benzene rings is 1. The van der Waals surface area contributed by atoms with Gasteiger partial charge in [-0.1, -0.05) is 6.92 Å². The number of hydrogen-bond acceptors (Lipinski definition) is 4. The SMILES string of the molecule is CCC(CN)Nc1ccc([N+](=O)[O-])cc1C. The number of nitrogens with one attached hydrogen (secondary N) is 1. The van der Waals surface area contributed by atoms with Crippen LogP contribution in [0.1, 0.15) is 18.9 Å². The molecule has 0 radical (unpaired) electrons. The molecule has 0 amide bonds. The third-order valence-electron chi connectivity index (χ3n) is 2.56. The lowest BCUT2D eigenvalue weighted by Crippen LogP contribution is -2.28. The van der Waals surface area contributed by atoms with Crippen molar-refractivity contribution in [2.24, 2.45) is 5.73 Å². The maximum absolute atomic E-state index is 10.6. The molecule has 1 atom stereocenters. The van der Waals surface area contributed by atoms with E-state index in [4.69, 9.17) is 5.73 Å². The minimum absolute atomic E-state index is 0.115. The summed E-state index contributed by atoms with van der Waals surface area (Å²) in [5.74, 6) is 0. The predicted octanol–water partition coefficient (Wildman–Crippen LogP) is 2.05. The maximum atomic E-state index is 10.6. The van der Waals surface area contributed by atoms with Crippen molar-refractivity contribution in [2.45, 2.75) is 26.3 Å². The molecule has 0 saturated carbocycles. The maximum Gasteiger partial charge on any atom is 0.269 e. The second-order valence-corrected chi connectivity index (χ2v) is 3.74. The van der Waals surface area contributed by atoms with Gasteiger partial charge >= 0.3 is 0 Å². The summed E-state index contributed by atoms with van der Waals surface area (Å²) < 4.78 is 0. The van der Waals surface area contributed by atoms with Gasteiger partial charge in [-0.05, 0) is 25.0 Å². The first-order valence-electron chi connectivity index (χ1n) is 5.30. The van der Waals surface area contributed by atoms with Crippen LogP contribution in [0.25, 0.3) is 0 Å². The van der Waals surface area contributed by atoms with Crippen LogP contribution in [0, 0.1) is 17.0 Å². The number of anilines is 1. The lowest BCUT2D eigenvalue weighted by molar-refractivity contribution is -0.384. The Balaban J connectivity index is 2.86. The summed E-state index contributed by atoms with van der Waals surface area (Å²) >= 11 is 0. The summed E-state index contributed by atoms with van der Waals surface area (Å²) in [4.78, 5) is 10.2. The topological polar surface area (TPSA) is 81.2 Å². The summed E-state index contributed by atoms with van der Waals surface area (Å²) in [6, 6.07) is 5.00. The van der Waals surface area contributed by atoms with Crippen molar-refractivity contribution in [3.05, 3.63) is 33.9 Å². The van der Waals surface area contributed by atoms with E-state index in [0.717, 1.165) is 17.7 Å². The molecule has 0 heterocycles. The Hall–Kier alpha value is -1.62. The standard InChI is InChI=1S/C11H17N3O2/c1-3-9(7-12)13-11-5-4-10(14(15)16)6-8(11)2/h4-6,9,13H,3,7,12H2,1-2H3. The van der Waals surface area contributed by atoms with E-state index >= 15 is 0 Å². The van der Waals surface area contributed by atoms with Crippen molar-refractivity contribution in [1.29, 1.82) is 0 Å². The van der Waals surface area contributed by atoms with Crippen molar-refractivity contribution in [2.75, 3.05) is 11.9 Å². The first-order chi connectivity index (χ1) is 7.58. The van der Waals surface area contributed by atoms with Gasteiger partial charge in [0.2, 0.25) is 0 Å². The second-order valence-electron chi connectivity index (χ2n) is 3.74. The average Bonchev–Trinajstić information content (AvgIpc) is 2.27. The molecular formula is C11H17N3O2. The number of nitrogens with zero attached hydrogens (tertiary/aromatic N) is 1. The van der Waals surface area contributed by atoms with Gasteiger partial charge in [0.1, 0.15) is 0 Å². The van der Waals surface area contributed by atoms with Crippen LogP contribution in [0.2, 0.25) is 0 Å². The van der Waals surface area contributed by atoms with E-state index in [9.17, 15) is 10.1 Å². The molecule has 0 bridgehead atoms. The summed E-state index contributed by atoms with van der Waals surface area (Å²) in [5, 5.41) is 13.8. The Kier molecular flexibility index (Phi) is 4.25. The molecule has 0 saturated heterocycles. The largest absolute Gasteiger partial charge is 0.381 e. The average molecular weight is 223 g/mol. The molecule has 1 unspecified atom stereocenters. The van der Waals surface area contributed by atoms with Crippen LogP contribution in [0.3, 0.4) is 0 Å². The van der Waals surface area contributed by atoms with Gasteiger partial charge in [-0.3, -0.25) is 10.1 Å². The van der Waals surface area contributed by atoms with Gasteiger partial charge < -0.3 is 11.1 Å². The smallest absolute Gasteiger partial charge is 0.269 e. The van der Waals surface area contributed by atoms with Crippen LogP contribution in [0.4, 0.5) is 11.4 Å². The summed E-state index contributed by atoms with van der Waals surface area (Å²) in [6.07, 6.45) is 0.924. The number of hydrogen-bond donors (Lipinski definition) is 2. The Labute approximate surface area is 94.8 Å². The van der Waals surface area contributed by atoms with Crippen molar-refractivity contribution < 1.29 is 4.92 Å². The van der Waals surface area contributed by atoms with E-state index in [2.05, 4.69) is 5.32 Å². The van der Waals surface area contributed by atoms with Crippen LogP contribution in [-0.4, -0.2) is 17.5 Å². The Morgan fingerprint density at radius 2 is 2.25 bits per heavy atom. The van der Waals surface area contributed by atoms with Crippen molar-refractivity contribution in [3.8, 4) is 0 Å². The molecule has 0 aliphatic rings. The van der Waals surface area contributed by atoms with Gasteiger partial charge in [0.15, 0.2) is 0 Å². The molecule has 0 aromatic heterocycles. The number of nitrogens with two attached hydrogens (primary N) is 1. The fourth-order valence-electron chi connectivity index (χ4n) is 1.47. The highest BCUT2D eigenvalue weighted by Crippen LogP contribution is 2.21. The van der Waals surface area contributed by atoms with Crippen LogP contribution in [0.15, 0.2) is 18.2 Å². The van der Waals surface area contributed by atoms with E-state index in [-0.39, 0.29) is 11.7 Å². The van der Waals surface area contributed by atoms with Crippen molar-refractivity contribution in [3.63, 3.8) is 0 Å². The molecule has 0 spiro atoms. The van der Waals surface area contributed by atoms with E-state index in [1.165, 1.54) is 6.07 Å². The number of non-ortho nitro benzene ring substituents is 1. The molecule has 16 heavy (non-hydrogen) atoms.